The molecule has 0 radical (unpaired) electrons. The summed E-state index contributed by atoms with van der Waals surface area (Å²) < 4.78 is 0. The van der Waals surface area contributed by atoms with E-state index in [9.17, 15) is 9.59 Å². The fourth-order valence-electron chi connectivity index (χ4n) is 3.31. The number of nitrogens with zero attached hydrogens (tertiary/aromatic N) is 1. The molecule has 1 fully saturated rings. The van der Waals surface area contributed by atoms with Crippen LogP contribution in [0.2, 0.25) is 0 Å². The molecule has 33 heavy (non-hydrogen) atoms. The summed E-state index contributed by atoms with van der Waals surface area (Å²) in [5, 5.41) is 6.89. The van der Waals surface area contributed by atoms with E-state index in [0.29, 0.717) is 6.42 Å². The van der Waals surface area contributed by atoms with Crippen LogP contribution in [-0.4, -0.2) is 34.3 Å². The lowest BCUT2D eigenvalue weighted by molar-refractivity contribution is -0.149. The summed E-state index contributed by atoms with van der Waals surface area (Å²) >= 11 is 0. The molecular weight excluding hydrogens is 414 g/mol. The summed E-state index contributed by atoms with van der Waals surface area (Å²) in [7, 11) is 0. The second-order valence-electron chi connectivity index (χ2n) is 8.59. The number of benzene rings is 2. The zero-order valence-electron chi connectivity index (χ0n) is 21.3. The first-order chi connectivity index (χ1) is 15.7. The van der Waals surface area contributed by atoms with Crippen molar-refractivity contribution >= 4 is 18.3 Å². The van der Waals surface area contributed by atoms with Crippen LogP contribution in [-0.2, 0) is 20.8 Å². The molecule has 1 saturated heterocycles. The van der Waals surface area contributed by atoms with Crippen molar-refractivity contribution in [1.82, 2.24) is 4.90 Å². The van der Waals surface area contributed by atoms with Gasteiger partial charge in [-0.3, -0.25) is 19.3 Å². The molecule has 0 saturated carbocycles. The minimum absolute atomic E-state index is 0.0261. The van der Waals surface area contributed by atoms with Crippen LogP contribution in [0.3, 0.4) is 0 Å². The van der Waals surface area contributed by atoms with Gasteiger partial charge in [-0.05, 0) is 29.5 Å². The van der Waals surface area contributed by atoms with Gasteiger partial charge in [0.15, 0.2) is 0 Å². The quantitative estimate of drug-likeness (QED) is 0.529. The lowest BCUT2D eigenvalue weighted by atomic mass is 9.93. The first kappa shape index (κ1) is 30.0. The molecule has 2 amide bonds. The molecule has 1 atom stereocenters. The van der Waals surface area contributed by atoms with Crippen molar-refractivity contribution in [2.45, 2.75) is 80.2 Å². The summed E-state index contributed by atoms with van der Waals surface area (Å²) in [6.45, 7) is 13.6. The highest BCUT2D eigenvalue weighted by molar-refractivity contribution is 5.99. The highest BCUT2D eigenvalue weighted by atomic mass is 16.3. The Kier molecular flexibility index (Phi) is 14.4. The predicted octanol–water partition coefficient (Wildman–Crippen LogP) is 6.60. The number of carbonyl (C=O) groups is 3. The van der Waals surface area contributed by atoms with Gasteiger partial charge >= 0.3 is 0 Å². The number of imide groups is 1. The summed E-state index contributed by atoms with van der Waals surface area (Å²) in [5.74, 6) is -0.105. The molecule has 1 aliphatic rings. The molecule has 0 aromatic heterocycles. The SMILES string of the molecule is CC.CC(C)(C)C(=O)N1C(=O)CC[C@H]1Cc1ccc(-c2ccccc2)cc1.CCC.O=CO. The maximum absolute atomic E-state index is 12.6. The van der Waals surface area contributed by atoms with Gasteiger partial charge in [0.05, 0.1) is 0 Å². The van der Waals surface area contributed by atoms with Crippen LogP contribution >= 0.6 is 0 Å². The predicted molar refractivity (Wildman–Crippen MR) is 136 cm³/mol. The number of likely N-dealkylation sites (tertiary alicyclic amines) is 1. The van der Waals surface area contributed by atoms with Gasteiger partial charge in [0.1, 0.15) is 0 Å². The van der Waals surface area contributed by atoms with Crippen LogP contribution in [0, 0.1) is 5.41 Å². The molecule has 0 bridgehead atoms. The fraction of sp³-hybridized carbons (Fsp3) is 0.464. The van der Waals surface area contributed by atoms with Crippen molar-refractivity contribution in [3.63, 3.8) is 0 Å². The van der Waals surface area contributed by atoms with Gasteiger partial charge in [-0.25, -0.2) is 0 Å². The number of rotatable bonds is 3. The molecular formula is C28H41NO4. The Bertz CT molecular complexity index is 823. The average molecular weight is 456 g/mol. The Hall–Kier alpha value is -2.95. The molecule has 1 heterocycles. The van der Waals surface area contributed by atoms with E-state index in [2.05, 4.69) is 50.2 Å². The lowest BCUT2D eigenvalue weighted by Gasteiger charge is -2.29. The number of hydrogen-bond donors (Lipinski definition) is 1. The zero-order chi connectivity index (χ0) is 25.4. The van der Waals surface area contributed by atoms with Crippen molar-refractivity contribution in [3.05, 3.63) is 60.2 Å². The Morgan fingerprint density at radius 3 is 1.91 bits per heavy atom. The van der Waals surface area contributed by atoms with E-state index < -0.39 is 5.41 Å². The van der Waals surface area contributed by atoms with Gasteiger partial charge in [-0.15, -0.1) is 0 Å². The van der Waals surface area contributed by atoms with Crippen LogP contribution in [0.4, 0.5) is 0 Å². The van der Waals surface area contributed by atoms with Crippen molar-refractivity contribution in [1.29, 1.82) is 0 Å². The third kappa shape index (κ3) is 10.0. The minimum Gasteiger partial charge on any atom is -0.483 e. The monoisotopic (exact) mass is 455 g/mol. The van der Waals surface area contributed by atoms with E-state index in [1.54, 1.807) is 0 Å². The van der Waals surface area contributed by atoms with E-state index in [1.165, 1.54) is 22.4 Å². The number of carbonyl (C=O) groups excluding carboxylic acids is 2. The van der Waals surface area contributed by atoms with Crippen molar-refractivity contribution < 1.29 is 19.5 Å². The molecule has 182 valence electrons. The van der Waals surface area contributed by atoms with Gasteiger partial charge < -0.3 is 5.11 Å². The third-order valence-electron chi connectivity index (χ3n) is 4.72. The zero-order valence-corrected chi connectivity index (χ0v) is 21.3. The first-order valence-corrected chi connectivity index (χ1v) is 11.8. The van der Waals surface area contributed by atoms with Crippen LogP contribution in [0.5, 0.6) is 0 Å². The molecule has 2 aromatic rings. The summed E-state index contributed by atoms with van der Waals surface area (Å²) in [6.07, 6.45) is 3.19. The molecule has 0 unspecified atom stereocenters. The molecule has 2 aromatic carbocycles. The first-order valence-electron chi connectivity index (χ1n) is 11.8. The molecule has 5 nitrogen and oxygen atoms in total. The molecule has 5 heteroatoms. The van der Waals surface area contributed by atoms with Gasteiger partial charge in [-0.1, -0.05) is 109 Å². The Morgan fingerprint density at radius 1 is 1.00 bits per heavy atom. The smallest absolute Gasteiger partial charge is 0.290 e. The maximum Gasteiger partial charge on any atom is 0.290 e. The van der Waals surface area contributed by atoms with Gasteiger partial charge in [-0.2, -0.15) is 0 Å². The van der Waals surface area contributed by atoms with Crippen LogP contribution < -0.4 is 0 Å². The Balaban J connectivity index is 0.00000113. The van der Waals surface area contributed by atoms with Crippen LogP contribution in [0.15, 0.2) is 54.6 Å². The van der Waals surface area contributed by atoms with E-state index in [4.69, 9.17) is 9.90 Å². The molecule has 0 aliphatic carbocycles. The van der Waals surface area contributed by atoms with Gasteiger partial charge in [0.25, 0.3) is 6.47 Å². The Labute approximate surface area is 199 Å². The van der Waals surface area contributed by atoms with Crippen molar-refractivity contribution in [2.24, 2.45) is 5.41 Å². The maximum atomic E-state index is 12.6. The molecule has 3 rings (SSSR count). The fourth-order valence-corrected chi connectivity index (χ4v) is 3.31. The van der Waals surface area contributed by atoms with Crippen LogP contribution in [0.1, 0.15) is 73.3 Å². The molecule has 0 spiro atoms. The third-order valence-corrected chi connectivity index (χ3v) is 4.72. The van der Waals surface area contributed by atoms with E-state index in [0.717, 1.165) is 18.4 Å². The summed E-state index contributed by atoms with van der Waals surface area (Å²) in [5.41, 5.74) is 2.99. The average Bonchev–Trinajstić information content (AvgIpc) is 3.16. The highest BCUT2D eigenvalue weighted by Gasteiger charge is 2.40. The van der Waals surface area contributed by atoms with Crippen molar-refractivity contribution in [3.8, 4) is 11.1 Å². The van der Waals surface area contributed by atoms with Crippen molar-refractivity contribution in [2.75, 3.05) is 0 Å². The highest BCUT2D eigenvalue weighted by Crippen LogP contribution is 2.29. The van der Waals surface area contributed by atoms with Gasteiger partial charge in [0, 0.05) is 17.9 Å². The standard InChI is InChI=1S/C22H25NO2.C3H8.C2H6.CH2O2/c1-22(2,3)21(25)23-19(13-14-20(23)24)15-16-9-11-18(12-10-16)17-7-5-4-6-8-17;1-3-2;1-2;2-1-3/h4-12,19H,13-15H2,1-3H3;3H2,1-2H3;1-2H3;1H,(H,2,3)/t19-;;;/m0.../s1. The lowest BCUT2D eigenvalue weighted by Crippen LogP contribution is -2.45. The summed E-state index contributed by atoms with van der Waals surface area (Å²) in [4.78, 5) is 34.7. The Morgan fingerprint density at radius 2 is 1.45 bits per heavy atom. The molecule has 1 N–H and O–H groups in total. The topological polar surface area (TPSA) is 74.7 Å². The van der Waals surface area contributed by atoms with Crippen LogP contribution in [0.25, 0.3) is 11.1 Å². The molecule has 1 aliphatic heterocycles. The largest absolute Gasteiger partial charge is 0.483 e. The second-order valence-corrected chi connectivity index (χ2v) is 8.59. The summed E-state index contributed by atoms with van der Waals surface area (Å²) in [6, 6.07) is 18.7. The number of hydrogen-bond acceptors (Lipinski definition) is 3. The van der Waals surface area contributed by atoms with E-state index >= 15 is 0 Å². The van der Waals surface area contributed by atoms with E-state index in [1.807, 2.05) is 52.8 Å². The number of carboxylic acid groups (broad SMARTS) is 1. The van der Waals surface area contributed by atoms with E-state index in [-0.39, 0.29) is 24.3 Å². The van der Waals surface area contributed by atoms with Gasteiger partial charge in [0.2, 0.25) is 11.8 Å². The second kappa shape index (κ2) is 15.8. The normalized spacial score (nSPS) is 14.6. The number of amides is 2. The minimum atomic E-state index is -0.532.